The van der Waals surface area contributed by atoms with Crippen molar-refractivity contribution in [1.82, 2.24) is 4.90 Å². The smallest absolute Gasteiger partial charge is 0.0986 e. The highest BCUT2D eigenvalue weighted by Crippen LogP contribution is 2.06. The SMILES string of the molecule is CCc1ccc(CN(C)COC)cc1. The summed E-state index contributed by atoms with van der Waals surface area (Å²) in [6.45, 7) is 3.79. The van der Waals surface area contributed by atoms with E-state index in [1.165, 1.54) is 11.1 Å². The van der Waals surface area contributed by atoms with Crippen LogP contribution in [0.2, 0.25) is 0 Å². The van der Waals surface area contributed by atoms with E-state index in [9.17, 15) is 0 Å². The third-order valence-electron chi connectivity index (χ3n) is 2.23. The Kier molecular flexibility index (Phi) is 4.63. The van der Waals surface area contributed by atoms with Gasteiger partial charge in [0.05, 0.1) is 6.73 Å². The van der Waals surface area contributed by atoms with E-state index in [4.69, 9.17) is 4.74 Å². The van der Waals surface area contributed by atoms with Crippen molar-refractivity contribution in [2.75, 3.05) is 20.9 Å². The van der Waals surface area contributed by atoms with Gasteiger partial charge in [-0.2, -0.15) is 0 Å². The summed E-state index contributed by atoms with van der Waals surface area (Å²) in [4.78, 5) is 2.14. The standard InChI is InChI=1S/C12H19NO/c1-4-11-5-7-12(8-6-11)9-13(2)10-14-3/h5-8H,4,9-10H2,1-3H3. The molecule has 1 aromatic carbocycles. The molecular formula is C12H19NO. The van der Waals surface area contributed by atoms with Gasteiger partial charge >= 0.3 is 0 Å². The molecule has 0 radical (unpaired) electrons. The zero-order valence-corrected chi connectivity index (χ0v) is 9.29. The number of hydrogen-bond acceptors (Lipinski definition) is 2. The van der Waals surface area contributed by atoms with Crippen LogP contribution in [0.15, 0.2) is 24.3 Å². The molecule has 2 heteroatoms. The Morgan fingerprint density at radius 1 is 1.14 bits per heavy atom. The van der Waals surface area contributed by atoms with Gasteiger partial charge in [0.15, 0.2) is 0 Å². The first-order chi connectivity index (χ1) is 6.76. The molecule has 0 aliphatic heterocycles. The van der Waals surface area contributed by atoms with E-state index in [0.717, 1.165) is 13.0 Å². The summed E-state index contributed by atoms with van der Waals surface area (Å²) in [5, 5.41) is 0. The molecule has 2 nitrogen and oxygen atoms in total. The number of ether oxygens (including phenoxy) is 1. The van der Waals surface area contributed by atoms with Crippen LogP contribution in [-0.2, 0) is 17.7 Å². The molecular weight excluding hydrogens is 174 g/mol. The van der Waals surface area contributed by atoms with Gasteiger partial charge < -0.3 is 4.74 Å². The summed E-state index contributed by atoms with van der Waals surface area (Å²) < 4.78 is 5.05. The van der Waals surface area contributed by atoms with Crippen LogP contribution in [0.4, 0.5) is 0 Å². The van der Waals surface area contributed by atoms with Gasteiger partial charge in [-0.25, -0.2) is 0 Å². The minimum Gasteiger partial charge on any atom is -0.369 e. The topological polar surface area (TPSA) is 12.5 Å². The molecule has 14 heavy (non-hydrogen) atoms. The Balaban J connectivity index is 2.50. The number of rotatable bonds is 5. The van der Waals surface area contributed by atoms with Crippen molar-refractivity contribution in [3.63, 3.8) is 0 Å². The minimum absolute atomic E-state index is 0.676. The first kappa shape index (κ1) is 11.2. The van der Waals surface area contributed by atoms with Gasteiger partial charge in [-0.15, -0.1) is 0 Å². The fourth-order valence-electron chi connectivity index (χ4n) is 1.46. The van der Waals surface area contributed by atoms with Gasteiger partial charge in [0, 0.05) is 13.7 Å². The number of hydrogen-bond donors (Lipinski definition) is 0. The molecule has 0 fully saturated rings. The minimum atomic E-state index is 0.676. The average molecular weight is 193 g/mol. The quantitative estimate of drug-likeness (QED) is 0.665. The van der Waals surface area contributed by atoms with Gasteiger partial charge in [0.25, 0.3) is 0 Å². The monoisotopic (exact) mass is 193 g/mol. The Morgan fingerprint density at radius 2 is 1.71 bits per heavy atom. The molecule has 0 spiro atoms. The molecule has 0 aliphatic rings. The number of methoxy groups -OCH3 is 1. The van der Waals surface area contributed by atoms with E-state index in [1.54, 1.807) is 7.11 Å². The van der Waals surface area contributed by atoms with Crippen LogP contribution in [0.25, 0.3) is 0 Å². The Morgan fingerprint density at radius 3 is 2.21 bits per heavy atom. The lowest BCUT2D eigenvalue weighted by atomic mass is 10.1. The third kappa shape index (κ3) is 3.48. The molecule has 0 N–H and O–H groups in total. The predicted molar refractivity (Wildman–Crippen MR) is 59.2 cm³/mol. The fourth-order valence-corrected chi connectivity index (χ4v) is 1.46. The number of aryl methyl sites for hydroxylation is 1. The molecule has 0 bridgehead atoms. The summed E-state index contributed by atoms with van der Waals surface area (Å²) >= 11 is 0. The Hall–Kier alpha value is -0.860. The van der Waals surface area contributed by atoms with Crippen molar-refractivity contribution in [3.8, 4) is 0 Å². The highest BCUT2D eigenvalue weighted by Gasteiger charge is 1.98. The summed E-state index contributed by atoms with van der Waals surface area (Å²) in [7, 11) is 3.77. The second-order valence-electron chi connectivity index (χ2n) is 3.60. The molecule has 0 atom stereocenters. The summed E-state index contributed by atoms with van der Waals surface area (Å²) in [5.74, 6) is 0. The molecule has 0 amide bonds. The Bertz CT molecular complexity index is 256. The molecule has 0 aromatic heterocycles. The summed E-state index contributed by atoms with van der Waals surface area (Å²) in [5.41, 5.74) is 2.73. The molecule has 0 heterocycles. The molecule has 78 valence electrons. The van der Waals surface area contributed by atoms with Crippen molar-refractivity contribution in [2.24, 2.45) is 0 Å². The summed E-state index contributed by atoms with van der Waals surface area (Å²) in [6, 6.07) is 8.75. The van der Waals surface area contributed by atoms with Crippen molar-refractivity contribution in [3.05, 3.63) is 35.4 Å². The van der Waals surface area contributed by atoms with E-state index in [1.807, 2.05) is 0 Å². The zero-order chi connectivity index (χ0) is 10.4. The average Bonchev–Trinajstić information content (AvgIpc) is 2.19. The van der Waals surface area contributed by atoms with E-state index in [0.29, 0.717) is 6.73 Å². The molecule has 1 rings (SSSR count). The van der Waals surface area contributed by atoms with Crippen LogP contribution in [0.3, 0.4) is 0 Å². The maximum absolute atomic E-state index is 5.05. The van der Waals surface area contributed by atoms with Gasteiger partial charge in [0.1, 0.15) is 0 Å². The zero-order valence-electron chi connectivity index (χ0n) is 9.29. The predicted octanol–water partition coefficient (Wildman–Crippen LogP) is 2.28. The van der Waals surface area contributed by atoms with E-state index in [-0.39, 0.29) is 0 Å². The van der Waals surface area contributed by atoms with E-state index >= 15 is 0 Å². The second-order valence-corrected chi connectivity index (χ2v) is 3.60. The van der Waals surface area contributed by atoms with E-state index < -0.39 is 0 Å². The van der Waals surface area contributed by atoms with Gasteiger partial charge in [-0.1, -0.05) is 31.2 Å². The van der Waals surface area contributed by atoms with Crippen molar-refractivity contribution >= 4 is 0 Å². The van der Waals surface area contributed by atoms with Crippen LogP contribution >= 0.6 is 0 Å². The summed E-state index contributed by atoms with van der Waals surface area (Å²) in [6.07, 6.45) is 1.11. The molecule has 0 unspecified atom stereocenters. The van der Waals surface area contributed by atoms with Crippen LogP contribution in [-0.4, -0.2) is 25.8 Å². The third-order valence-corrected chi connectivity index (χ3v) is 2.23. The van der Waals surface area contributed by atoms with Crippen LogP contribution < -0.4 is 0 Å². The molecule has 0 aliphatic carbocycles. The molecule has 1 aromatic rings. The lowest BCUT2D eigenvalue weighted by Crippen LogP contribution is -2.20. The number of nitrogens with zero attached hydrogens (tertiary/aromatic N) is 1. The van der Waals surface area contributed by atoms with Crippen molar-refractivity contribution < 1.29 is 4.74 Å². The molecule has 0 saturated heterocycles. The van der Waals surface area contributed by atoms with Crippen LogP contribution in [0, 0.1) is 0 Å². The van der Waals surface area contributed by atoms with Gasteiger partial charge in [0.2, 0.25) is 0 Å². The van der Waals surface area contributed by atoms with Crippen LogP contribution in [0.5, 0.6) is 0 Å². The maximum Gasteiger partial charge on any atom is 0.0986 e. The van der Waals surface area contributed by atoms with Crippen molar-refractivity contribution in [2.45, 2.75) is 19.9 Å². The molecule has 0 saturated carbocycles. The van der Waals surface area contributed by atoms with Gasteiger partial charge in [-0.3, -0.25) is 4.90 Å². The lowest BCUT2D eigenvalue weighted by Gasteiger charge is -2.15. The van der Waals surface area contributed by atoms with Crippen molar-refractivity contribution in [1.29, 1.82) is 0 Å². The normalized spacial score (nSPS) is 10.9. The highest BCUT2D eigenvalue weighted by molar-refractivity contribution is 5.22. The highest BCUT2D eigenvalue weighted by atomic mass is 16.5. The van der Waals surface area contributed by atoms with E-state index in [2.05, 4.69) is 43.1 Å². The van der Waals surface area contributed by atoms with Crippen LogP contribution in [0.1, 0.15) is 18.1 Å². The first-order valence-electron chi connectivity index (χ1n) is 5.01. The fraction of sp³-hybridized carbons (Fsp3) is 0.500. The van der Waals surface area contributed by atoms with Gasteiger partial charge in [-0.05, 0) is 24.6 Å². The second kappa shape index (κ2) is 5.78. The Labute approximate surface area is 86.5 Å². The lowest BCUT2D eigenvalue weighted by molar-refractivity contribution is 0.0771. The largest absolute Gasteiger partial charge is 0.369 e. The number of benzene rings is 1. The maximum atomic E-state index is 5.05. The first-order valence-corrected chi connectivity index (χ1v) is 5.01.